The van der Waals surface area contributed by atoms with Gasteiger partial charge in [0, 0.05) is 6.42 Å². The van der Waals surface area contributed by atoms with Crippen LogP contribution in [0.2, 0.25) is 0 Å². The Labute approximate surface area is 112 Å². The monoisotopic (exact) mass is 288 g/mol. The Hall–Kier alpha value is -1.28. The van der Waals surface area contributed by atoms with Gasteiger partial charge in [-0.2, -0.15) is 0 Å². The highest BCUT2D eigenvalue weighted by Crippen LogP contribution is 2.44. The van der Waals surface area contributed by atoms with Crippen LogP contribution in [0.5, 0.6) is 5.75 Å². The van der Waals surface area contributed by atoms with E-state index in [1.165, 1.54) is 0 Å². The van der Waals surface area contributed by atoms with Crippen LogP contribution in [0.15, 0.2) is 24.3 Å². The average molecular weight is 288 g/mol. The molecule has 1 heterocycles. The Kier molecular flexibility index (Phi) is 4.31. The second-order valence-corrected chi connectivity index (χ2v) is 6.07. The standard InChI is InChI=1S/C12H16O6S/c1-9-2-4-10(5-3-9)17-12(13)18-11-6-7-16-19(14,15)8-11/h2-5,11,14-15H,6-8H2,1H3. The number of carbonyl (C=O) groups is 1. The predicted molar refractivity (Wildman–Crippen MR) is 70.4 cm³/mol. The van der Waals surface area contributed by atoms with Crippen LogP contribution in [-0.4, -0.2) is 33.7 Å². The minimum absolute atomic E-state index is 0.115. The molecular weight excluding hydrogens is 272 g/mol. The summed E-state index contributed by atoms with van der Waals surface area (Å²) < 4.78 is 33.5. The zero-order chi connectivity index (χ0) is 13.9. The van der Waals surface area contributed by atoms with Gasteiger partial charge in [0.1, 0.15) is 11.9 Å². The second-order valence-electron chi connectivity index (χ2n) is 4.29. The van der Waals surface area contributed by atoms with E-state index < -0.39 is 23.1 Å². The molecule has 1 aliphatic heterocycles. The summed E-state index contributed by atoms with van der Waals surface area (Å²) in [7, 11) is -3.09. The van der Waals surface area contributed by atoms with E-state index in [1.807, 2.05) is 19.1 Å². The highest BCUT2D eigenvalue weighted by Gasteiger charge is 2.32. The summed E-state index contributed by atoms with van der Waals surface area (Å²) in [6, 6.07) is 6.95. The van der Waals surface area contributed by atoms with Gasteiger partial charge in [-0.05, 0) is 19.1 Å². The van der Waals surface area contributed by atoms with Crippen molar-refractivity contribution < 1.29 is 27.6 Å². The van der Waals surface area contributed by atoms with E-state index >= 15 is 0 Å². The number of aryl methyl sites for hydroxylation is 1. The molecule has 1 unspecified atom stereocenters. The lowest BCUT2D eigenvalue weighted by molar-refractivity contribution is 0.0466. The second kappa shape index (κ2) is 5.79. The van der Waals surface area contributed by atoms with Gasteiger partial charge in [-0.15, -0.1) is 0 Å². The third-order valence-corrected chi connectivity index (χ3v) is 3.95. The molecule has 0 radical (unpaired) electrons. The van der Waals surface area contributed by atoms with Gasteiger partial charge in [-0.1, -0.05) is 17.7 Å². The summed E-state index contributed by atoms with van der Waals surface area (Å²) in [4.78, 5) is 11.5. The van der Waals surface area contributed by atoms with E-state index in [-0.39, 0.29) is 12.4 Å². The molecule has 0 saturated carbocycles. The van der Waals surface area contributed by atoms with E-state index in [0.29, 0.717) is 12.2 Å². The zero-order valence-corrected chi connectivity index (χ0v) is 11.3. The molecule has 0 bridgehead atoms. The molecule has 106 valence electrons. The van der Waals surface area contributed by atoms with Crippen LogP contribution in [0.3, 0.4) is 0 Å². The molecule has 1 fully saturated rings. The van der Waals surface area contributed by atoms with Crippen molar-refractivity contribution in [1.82, 2.24) is 0 Å². The third-order valence-electron chi connectivity index (χ3n) is 2.60. The van der Waals surface area contributed by atoms with Crippen molar-refractivity contribution in [2.45, 2.75) is 19.4 Å². The quantitative estimate of drug-likeness (QED) is 0.643. The summed E-state index contributed by atoms with van der Waals surface area (Å²) in [5, 5.41) is 0. The van der Waals surface area contributed by atoms with Gasteiger partial charge in [-0.25, -0.2) is 4.79 Å². The van der Waals surface area contributed by atoms with E-state index in [4.69, 9.17) is 13.7 Å². The van der Waals surface area contributed by atoms with E-state index in [2.05, 4.69) is 0 Å². The maximum atomic E-state index is 11.5. The molecule has 0 aromatic heterocycles. The van der Waals surface area contributed by atoms with E-state index in [9.17, 15) is 13.9 Å². The van der Waals surface area contributed by atoms with Crippen molar-refractivity contribution in [3.8, 4) is 5.75 Å². The lowest BCUT2D eigenvalue weighted by Gasteiger charge is -2.34. The van der Waals surface area contributed by atoms with Gasteiger partial charge >= 0.3 is 6.16 Å². The van der Waals surface area contributed by atoms with Crippen molar-refractivity contribution in [2.75, 3.05) is 12.4 Å². The number of hydrogen-bond donors (Lipinski definition) is 2. The fourth-order valence-corrected chi connectivity index (χ4v) is 2.82. The predicted octanol–water partition coefficient (Wildman–Crippen LogP) is 2.96. The maximum Gasteiger partial charge on any atom is 0.514 e. The Morgan fingerprint density at radius 1 is 1.37 bits per heavy atom. The highest BCUT2D eigenvalue weighted by molar-refractivity contribution is 8.20. The first-order chi connectivity index (χ1) is 8.94. The van der Waals surface area contributed by atoms with Gasteiger partial charge in [0.15, 0.2) is 0 Å². The van der Waals surface area contributed by atoms with Crippen molar-refractivity contribution >= 4 is 17.0 Å². The Balaban J connectivity index is 1.85. The highest BCUT2D eigenvalue weighted by atomic mass is 32.3. The molecule has 7 heteroatoms. The minimum atomic E-state index is -3.09. The SMILES string of the molecule is Cc1ccc(OC(=O)OC2CCOS(O)(O)C2)cc1. The molecule has 0 aliphatic carbocycles. The molecule has 0 amide bonds. The fourth-order valence-electron chi connectivity index (χ4n) is 1.64. The first-order valence-electron chi connectivity index (χ1n) is 5.80. The molecule has 1 atom stereocenters. The lowest BCUT2D eigenvalue weighted by Crippen LogP contribution is -2.32. The summed E-state index contributed by atoms with van der Waals surface area (Å²) in [5.41, 5.74) is 1.05. The van der Waals surface area contributed by atoms with Gasteiger partial charge in [0.2, 0.25) is 0 Å². The summed E-state index contributed by atoms with van der Waals surface area (Å²) in [5.74, 6) is 0.268. The smallest absolute Gasteiger partial charge is 0.429 e. The fraction of sp³-hybridized carbons (Fsp3) is 0.417. The molecule has 19 heavy (non-hydrogen) atoms. The Morgan fingerprint density at radius 2 is 2.05 bits per heavy atom. The molecule has 1 saturated heterocycles. The first-order valence-corrected chi connectivity index (χ1v) is 7.44. The molecule has 2 N–H and O–H groups in total. The van der Waals surface area contributed by atoms with Gasteiger partial charge < -0.3 is 18.6 Å². The molecule has 1 aliphatic rings. The third kappa shape index (κ3) is 4.39. The minimum Gasteiger partial charge on any atom is -0.429 e. The zero-order valence-electron chi connectivity index (χ0n) is 10.4. The largest absolute Gasteiger partial charge is 0.514 e. The molecule has 1 aromatic carbocycles. The number of benzene rings is 1. The number of hydrogen-bond acceptors (Lipinski definition) is 6. The molecule has 1 aromatic rings. The van der Waals surface area contributed by atoms with Crippen molar-refractivity contribution in [3.63, 3.8) is 0 Å². The number of ether oxygens (including phenoxy) is 2. The van der Waals surface area contributed by atoms with Gasteiger partial charge in [-0.3, -0.25) is 4.18 Å². The van der Waals surface area contributed by atoms with Crippen LogP contribution in [0.25, 0.3) is 0 Å². The summed E-state index contributed by atoms with van der Waals surface area (Å²) in [6.07, 6.45) is -1.04. The maximum absolute atomic E-state index is 11.5. The Bertz CT molecular complexity index is 444. The molecular formula is C12H16O6S. The van der Waals surface area contributed by atoms with Crippen LogP contribution in [0.1, 0.15) is 12.0 Å². The number of carbonyl (C=O) groups excluding carboxylic acids is 1. The summed E-state index contributed by atoms with van der Waals surface area (Å²) in [6.45, 7) is 2.07. The van der Waals surface area contributed by atoms with Crippen LogP contribution >= 0.6 is 10.9 Å². The number of rotatable bonds is 2. The van der Waals surface area contributed by atoms with Crippen LogP contribution in [-0.2, 0) is 8.92 Å². The van der Waals surface area contributed by atoms with E-state index in [1.54, 1.807) is 12.1 Å². The first kappa shape index (κ1) is 14.1. The van der Waals surface area contributed by atoms with Crippen molar-refractivity contribution in [2.24, 2.45) is 0 Å². The van der Waals surface area contributed by atoms with Crippen LogP contribution in [0.4, 0.5) is 4.79 Å². The van der Waals surface area contributed by atoms with Crippen molar-refractivity contribution in [3.05, 3.63) is 29.8 Å². The Morgan fingerprint density at radius 3 is 2.68 bits per heavy atom. The topological polar surface area (TPSA) is 85.2 Å². The van der Waals surface area contributed by atoms with Gasteiger partial charge in [0.25, 0.3) is 0 Å². The molecule has 0 spiro atoms. The summed E-state index contributed by atoms with van der Waals surface area (Å²) >= 11 is 0. The van der Waals surface area contributed by atoms with Crippen molar-refractivity contribution in [1.29, 1.82) is 0 Å². The molecule has 2 rings (SSSR count). The average Bonchev–Trinajstić information content (AvgIpc) is 2.30. The molecule has 6 nitrogen and oxygen atoms in total. The van der Waals surface area contributed by atoms with E-state index in [0.717, 1.165) is 5.56 Å². The van der Waals surface area contributed by atoms with Crippen LogP contribution < -0.4 is 4.74 Å². The van der Waals surface area contributed by atoms with Gasteiger partial charge in [0.05, 0.1) is 23.2 Å². The van der Waals surface area contributed by atoms with Crippen LogP contribution in [0, 0.1) is 6.92 Å². The normalized spacial score (nSPS) is 23.4. The lowest BCUT2D eigenvalue weighted by atomic mass is 10.2.